The average Bonchev–Trinajstić information content (AvgIpc) is 3.44. The van der Waals surface area contributed by atoms with Crippen molar-refractivity contribution in [1.82, 2.24) is 19.4 Å². The van der Waals surface area contributed by atoms with Gasteiger partial charge in [-0.2, -0.15) is 26.3 Å². The van der Waals surface area contributed by atoms with Gasteiger partial charge >= 0.3 is 12.4 Å². The van der Waals surface area contributed by atoms with E-state index in [4.69, 9.17) is 10.5 Å². The molecule has 1 saturated heterocycles. The van der Waals surface area contributed by atoms with Crippen LogP contribution in [0.3, 0.4) is 0 Å². The van der Waals surface area contributed by atoms with Crippen LogP contribution in [-0.2, 0) is 10.9 Å². The maximum absolute atomic E-state index is 13.5. The number of aromatic nitrogens is 3. The van der Waals surface area contributed by atoms with Gasteiger partial charge in [0, 0.05) is 42.6 Å². The molecule has 2 atom stereocenters. The molecule has 4 aliphatic rings. The number of aliphatic hydroxyl groups excluding tert-OH is 1. The van der Waals surface area contributed by atoms with E-state index in [1.54, 1.807) is 0 Å². The number of imidazole rings is 1. The van der Waals surface area contributed by atoms with E-state index in [-0.39, 0.29) is 28.8 Å². The van der Waals surface area contributed by atoms with Crippen molar-refractivity contribution in [2.45, 2.75) is 49.3 Å². The first-order chi connectivity index (χ1) is 15.9. The highest BCUT2D eigenvalue weighted by atomic mass is 19.4. The lowest BCUT2D eigenvalue weighted by Gasteiger charge is -2.49. The quantitative estimate of drug-likeness (QED) is 0.636. The number of rotatable bonds is 4. The second-order valence-electron chi connectivity index (χ2n) is 9.25. The standard InChI is InChI=1S/C21H23F6N5O2/c22-20(23,24)13-5-11(9-29-17(13)28)14-10-32(18(30-14)16(33)21(25,26)27)15-8-19(6-12(15)7-19)31-1-3-34-4-2-31/h5,9-10,12,15-16,33H,1-4,6-8H2,(H2,28,29)/t12?,15-,16?,19?/m0/s1. The molecule has 3 aliphatic carbocycles. The molecule has 0 amide bonds. The lowest BCUT2D eigenvalue weighted by atomic mass is 9.75. The third-order valence-electron chi connectivity index (χ3n) is 7.29. The van der Waals surface area contributed by atoms with E-state index in [1.165, 1.54) is 10.8 Å². The molecule has 2 aromatic rings. The van der Waals surface area contributed by atoms with Crippen molar-refractivity contribution >= 4 is 5.82 Å². The van der Waals surface area contributed by atoms with Gasteiger partial charge in [0.1, 0.15) is 11.6 Å². The Morgan fingerprint density at radius 1 is 1.12 bits per heavy atom. The first kappa shape index (κ1) is 23.4. The molecule has 13 heteroatoms. The number of hydrogen-bond donors (Lipinski definition) is 2. The molecule has 6 rings (SSSR count). The van der Waals surface area contributed by atoms with Crippen LogP contribution in [-0.4, -0.2) is 62.6 Å². The zero-order valence-electron chi connectivity index (χ0n) is 17.9. The third-order valence-corrected chi connectivity index (χ3v) is 7.29. The minimum atomic E-state index is -4.99. The number of aliphatic hydroxyl groups is 1. The second kappa shape index (κ2) is 7.82. The maximum Gasteiger partial charge on any atom is 0.421 e. The summed E-state index contributed by atoms with van der Waals surface area (Å²) < 4.78 is 86.9. The summed E-state index contributed by atoms with van der Waals surface area (Å²) in [4.78, 5) is 9.81. The number of fused-ring (bicyclic) bond motifs is 1. The Morgan fingerprint density at radius 2 is 1.79 bits per heavy atom. The van der Waals surface area contributed by atoms with Crippen LogP contribution < -0.4 is 5.73 Å². The van der Waals surface area contributed by atoms with Crippen LogP contribution in [0.5, 0.6) is 0 Å². The largest absolute Gasteiger partial charge is 0.421 e. The fourth-order valence-electron chi connectivity index (χ4n) is 5.67. The summed E-state index contributed by atoms with van der Waals surface area (Å²) >= 11 is 0. The van der Waals surface area contributed by atoms with Crippen molar-refractivity contribution in [1.29, 1.82) is 0 Å². The number of morpholine rings is 1. The molecule has 0 spiro atoms. The molecule has 34 heavy (non-hydrogen) atoms. The first-order valence-corrected chi connectivity index (χ1v) is 10.9. The van der Waals surface area contributed by atoms with E-state index < -0.39 is 35.7 Å². The van der Waals surface area contributed by atoms with Gasteiger partial charge in [-0.25, -0.2) is 9.97 Å². The van der Waals surface area contributed by atoms with Gasteiger partial charge in [-0.3, -0.25) is 4.90 Å². The van der Waals surface area contributed by atoms with Crippen LogP contribution in [0.15, 0.2) is 18.5 Å². The van der Waals surface area contributed by atoms with E-state index in [0.717, 1.165) is 32.1 Å². The van der Waals surface area contributed by atoms with Crippen molar-refractivity contribution in [3.63, 3.8) is 0 Å². The van der Waals surface area contributed by atoms with Gasteiger partial charge in [0.05, 0.1) is 24.5 Å². The molecular formula is C21H23F6N5O2. The minimum Gasteiger partial charge on any atom is -0.383 e. The topological polar surface area (TPSA) is 89.4 Å². The highest BCUT2D eigenvalue weighted by Crippen LogP contribution is 2.61. The molecule has 3 N–H and O–H groups in total. The molecule has 3 saturated carbocycles. The predicted octanol–water partition coefficient (Wildman–Crippen LogP) is 3.57. The number of ether oxygens (including phenoxy) is 1. The Labute approximate surface area is 190 Å². The molecule has 3 heterocycles. The molecule has 0 aromatic carbocycles. The van der Waals surface area contributed by atoms with E-state index in [0.29, 0.717) is 25.7 Å². The van der Waals surface area contributed by atoms with Crippen molar-refractivity contribution in [3.8, 4) is 11.3 Å². The van der Waals surface area contributed by atoms with Crippen molar-refractivity contribution in [2.24, 2.45) is 5.92 Å². The van der Waals surface area contributed by atoms with Crippen molar-refractivity contribution < 1.29 is 36.2 Å². The van der Waals surface area contributed by atoms with Crippen LogP contribution in [0.25, 0.3) is 11.3 Å². The molecule has 7 nitrogen and oxygen atoms in total. The van der Waals surface area contributed by atoms with Crippen molar-refractivity contribution in [2.75, 3.05) is 32.0 Å². The highest BCUT2D eigenvalue weighted by Gasteiger charge is 2.60. The normalized spacial score (nSPS) is 28.7. The second-order valence-corrected chi connectivity index (χ2v) is 9.25. The van der Waals surface area contributed by atoms with E-state index in [2.05, 4.69) is 14.9 Å². The number of hydrogen-bond acceptors (Lipinski definition) is 6. The smallest absolute Gasteiger partial charge is 0.383 e. The van der Waals surface area contributed by atoms with Gasteiger partial charge in [0.2, 0.25) is 6.10 Å². The van der Waals surface area contributed by atoms with Gasteiger partial charge in [0.15, 0.2) is 0 Å². The lowest BCUT2D eigenvalue weighted by molar-refractivity contribution is -0.210. The van der Waals surface area contributed by atoms with Crippen LogP contribution in [0, 0.1) is 5.92 Å². The monoisotopic (exact) mass is 491 g/mol. The number of anilines is 1. The fraction of sp³-hybridized carbons (Fsp3) is 0.619. The molecule has 1 unspecified atom stereocenters. The molecule has 4 fully saturated rings. The number of nitrogens with zero attached hydrogens (tertiary/aromatic N) is 4. The molecule has 186 valence electrons. The van der Waals surface area contributed by atoms with Gasteiger partial charge in [-0.05, 0) is 31.2 Å². The molecule has 0 radical (unpaired) electrons. The number of nitrogen functional groups attached to an aromatic ring is 1. The molecule has 1 aliphatic heterocycles. The van der Waals surface area contributed by atoms with E-state index in [9.17, 15) is 31.4 Å². The minimum absolute atomic E-state index is 0.0827. The zero-order valence-corrected chi connectivity index (χ0v) is 17.9. The summed E-state index contributed by atoms with van der Waals surface area (Å²) in [5.41, 5.74) is 3.73. The summed E-state index contributed by atoms with van der Waals surface area (Å²) in [6.45, 7) is 2.67. The predicted molar refractivity (Wildman–Crippen MR) is 107 cm³/mol. The summed E-state index contributed by atoms with van der Waals surface area (Å²) in [5.74, 6) is -1.29. The summed E-state index contributed by atoms with van der Waals surface area (Å²) in [6.07, 6.45) is -8.16. The summed E-state index contributed by atoms with van der Waals surface area (Å²) in [6, 6.07) is 0.350. The number of nitrogens with two attached hydrogens (primary N) is 1. The van der Waals surface area contributed by atoms with E-state index >= 15 is 0 Å². The average molecular weight is 491 g/mol. The molecule has 2 aromatic heterocycles. The molecule has 2 bridgehead atoms. The molecular weight excluding hydrogens is 468 g/mol. The SMILES string of the molecule is Nc1ncc(-c2cn([C@H]3CC4(N5CCOCC5)CC3C4)c(C(O)C(F)(F)F)n2)cc1C(F)(F)F. The maximum atomic E-state index is 13.5. The number of halogens is 6. The Morgan fingerprint density at radius 3 is 2.41 bits per heavy atom. The number of alkyl halides is 6. The zero-order chi connectivity index (χ0) is 24.5. The Bertz CT molecular complexity index is 1070. The first-order valence-electron chi connectivity index (χ1n) is 10.9. The Balaban J connectivity index is 1.52. The third kappa shape index (κ3) is 3.83. The highest BCUT2D eigenvalue weighted by molar-refractivity contribution is 5.62. The van der Waals surface area contributed by atoms with Gasteiger partial charge < -0.3 is 20.1 Å². The van der Waals surface area contributed by atoms with Crippen LogP contribution >= 0.6 is 0 Å². The number of pyridine rings is 1. The van der Waals surface area contributed by atoms with Gasteiger partial charge in [0.25, 0.3) is 0 Å². The fourth-order valence-corrected chi connectivity index (χ4v) is 5.67. The Hall–Kier alpha value is -2.38. The van der Waals surface area contributed by atoms with Gasteiger partial charge in [-0.15, -0.1) is 0 Å². The van der Waals surface area contributed by atoms with E-state index in [1.807, 2.05) is 0 Å². The van der Waals surface area contributed by atoms with Crippen molar-refractivity contribution in [3.05, 3.63) is 29.8 Å². The lowest BCUT2D eigenvalue weighted by Crippen LogP contribution is -2.56. The Kier molecular flexibility index (Phi) is 5.37. The summed E-state index contributed by atoms with van der Waals surface area (Å²) in [7, 11) is 0. The van der Waals surface area contributed by atoms with Gasteiger partial charge in [-0.1, -0.05) is 0 Å². The summed E-state index contributed by atoms with van der Waals surface area (Å²) in [5, 5.41) is 10.0. The van der Waals surface area contributed by atoms with Crippen LogP contribution in [0.1, 0.15) is 42.8 Å². The van der Waals surface area contributed by atoms with Crippen LogP contribution in [0.4, 0.5) is 32.2 Å². The van der Waals surface area contributed by atoms with Crippen LogP contribution in [0.2, 0.25) is 0 Å².